The van der Waals surface area contributed by atoms with E-state index in [4.69, 9.17) is 9.72 Å². The van der Waals surface area contributed by atoms with Gasteiger partial charge in [-0.15, -0.1) is 11.3 Å². The summed E-state index contributed by atoms with van der Waals surface area (Å²) in [6, 6.07) is 17.1. The first-order chi connectivity index (χ1) is 13.6. The molecule has 1 N–H and O–H groups in total. The highest BCUT2D eigenvalue weighted by molar-refractivity contribution is 9.10. The lowest BCUT2D eigenvalue weighted by atomic mass is 10.0. The van der Waals surface area contributed by atoms with Crippen LogP contribution in [0.3, 0.4) is 0 Å². The van der Waals surface area contributed by atoms with Crippen LogP contribution in [0.5, 0.6) is 0 Å². The zero-order chi connectivity index (χ0) is 19.8. The number of esters is 1. The number of hydrogen-bond donors (Lipinski definition) is 1. The second-order valence-electron chi connectivity index (χ2n) is 6.61. The average Bonchev–Trinajstić information content (AvgIpc) is 3.16. The molecule has 1 unspecified atom stereocenters. The molecule has 0 bridgehead atoms. The van der Waals surface area contributed by atoms with Gasteiger partial charge in [-0.1, -0.05) is 47.1 Å². The van der Waals surface area contributed by atoms with E-state index in [0.29, 0.717) is 18.1 Å². The summed E-state index contributed by atoms with van der Waals surface area (Å²) in [5.41, 5.74) is 2.72. The fourth-order valence-corrected chi connectivity index (χ4v) is 4.03. The number of carbonyl (C=O) groups is 1. The molecule has 0 radical (unpaired) electrons. The third kappa shape index (κ3) is 6.17. The lowest BCUT2D eigenvalue weighted by Crippen LogP contribution is -2.06. The minimum atomic E-state index is -0.253. The Kier molecular flexibility index (Phi) is 7.62. The Balaban J connectivity index is 1.39. The molecule has 0 aliphatic heterocycles. The zero-order valence-electron chi connectivity index (χ0n) is 15.7. The lowest BCUT2D eigenvalue weighted by molar-refractivity contribution is 0.0497. The van der Waals surface area contributed by atoms with E-state index in [0.717, 1.165) is 40.2 Å². The number of carbonyl (C=O) groups excluding carboxylic acids is 1. The molecule has 0 saturated heterocycles. The summed E-state index contributed by atoms with van der Waals surface area (Å²) in [7, 11) is 0. The molecule has 0 aliphatic carbocycles. The maximum absolute atomic E-state index is 11.9. The molecule has 6 heteroatoms. The van der Waals surface area contributed by atoms with Crippen molar-refractivity contribution in [2.45, 2.75) is 32.1 Å². The van der Waals surface area contributed by atoms with E-state index >= 15 is 0 Å². The number of benzene rings is 2. The van der Waals surface area contributed by atoms with Gasteiger partial charge in [0.2, 0.25) is 0 Å². The molecule has 1 aromatic heterocycles. The molecule has 0 amide bonds. The predicted octanol–water partition coefficient (Wildman–Crippen LogP) is 6.78. The van der Waals surface area contributed by atoms with E-state index in [1.807, 2.05) is 42.5 Å². The summed E-state index contributed by atoms with van der Waals surface area (Å²) in [5.74, 6) is 0.121. The summed E-state index contributed by atoms with van der Waals surface area (Å²) < 4.78 is 6.37. The first kappa shape index (κ1) is 20.6. The molecule has 146 valence electrons. The Morgan fingerprint density at radius 1 is 1.18 bits per heavy atom. The molecule has 0 spiro atoms. The van der Waals surface area contributed by atoms with Crippen LogP contribution in [0.1, 0.15) is 48.2 Å². The van der Waals surface area contributed by atoms with Crippen LogP contribution in [0.15, 0.2) is 64.5 Å². The van der Waals surface area contributed by atoms with E-state index in [2.05, 4.69) is 33.6 Å². The number of rotatable bonds is 9. The highest BCUT2D eigenvalue weighted by atomic mass is 79.9. The van der Waals surface area contributed by atoms with Crippen LogP contribution < -0.4 is 5.32 Å². The minimum absolute atomic E-state index is 0.253. The molecule has 0 saturated carbocycles. The van der Waals surface area contributed by atoms with E-state index < -0.39 is 0 Å². The van der Waals surface area contributed by atoms with Gasteiger partial charge in [0.1, 0.15) is 0 Å². The van der Waals surface area contributed by atoms with Gasteiger partial charge in [0, 0.05) is 15.5 Å². The van der Waals surface area contributed by atoms with Gasteiger partial charge in [-0.25, -0.2) is 9.78 Å². The van der Waals surface area contributed by atoms with Crippen molar-refractivity contribution in [3.63, 3.8) is 0 Å². The molecule has 3 rings (SSSR count). The van der Waals surface area contributed by atoms with Crippen LogP contribution in [0.2, 0.25) is 0 Å². The summed E-state index contributed by atoms with van der Waals surface area (Å²) in [6.45, 7) is 2.64. The quantitative estimate of drug-likeness (QED) is 0.283. The maximum atomic E-state index is 11.9. The molecular formula is C22H23BrN2O2S. The van der Waals surface area contributed by atoms with Crippen LogP contribution in [-0.2, 0) is 4.74 Å². The number of ether oxygens (including phenoxy) is 1. The van der Waals surface area contributed by atoms with Gasteiger partial charge in [0.15, 0.2) is 5.13 Å². The second kappa shape index (κ2) is 10.4. The molecule has 1 atom stereocenters. The van der Waals surface area contributed by atoms with Crippen LogP contribution in [-0.4, -0.2) is 17.6 Å². The number of thiazole rings is 1. The largest absolute Gasteiger partial charge is 0.462 e. The number of anilines is 2. The van der Waals surface area contributed by atoms with Crippen molar-refractivity contribution in [3.05, 3.63) is 75.7 Å². The average molecular weight is 459 g/mol. The number of aromatic nitrogens is 1. The van der Waals surface area contributed by atoms with Gasteiger partial charge >= 0.3 is 5.97 Å². The Labute approximate surface area is 178 Å². The van der Waals surface area contributed by atoms with Gasteiger partial charge in [0.25, 0.3) is 0 Å². The van der Waals surface area contributed by atoms with Gasteiger partial charge in [-0.3, -0.25) is 0 Å². The van der Waals surface area contributed by atoms with Crippen LogP contribution in [0, 0.1) is 0 Å². The van der Waals surface area contributed by atoms with Crippen molar-refractivity contribution >= 4 is 44.1 Å². The summed E-state index contributed by atoms with van der Waals surface area (Å²) in [6.07, 6.45) is 2.87. The van der Waals surface area contributed by atoms with Gasteiger partial charge in [-0.2, -0.15) is 0 Å². The predicted molar refractivity (Wildman–Crippen MR) is 119 cm³/mol. The lowest BCUT2D eigenvalue weighted by Gasteiger charge is -2.09. The Morgan fingerprint density at radius 2 is 2.00 bits per heavy atom. The number of halogens is 1. The van der Waals surface area contributed by atoms with E-state index in [1.165, 1.54) is 0 Å². The molecular weight excluding hydrogens is 436 g/mol. The van der Waals surface area contributed by atoms with Crippen LogP contribution in [0.25, 0.3) is 0 Å². The van der Waals surface area contributed by atoms with Gasteiger partial charge in [-0.05, 0) is 55.5 Å². The normalized spacial score (nSPS) is 11.8. The molecule has 0 fully saturated rings. The Morgan fingerprint density at radius 3 is 2.79 bits per heavy atom. The minimum Gasteiger partial charge on any atom is -0.462 e. The third-order valence-electron chi connectivity index (χ3n) is 4.38. The van der Waals surface area contributed by atoms with E-state index in [-0.39, 0.29) is 5.97 Å². The standard InChI is InChI=1S/C22H23BrN2O2S/c1-16(8-5-6-13-27-21(26)17-9-3-2-4-10-17)20-15-28-22(25-20)24-19-12-7-11-18(23)14-19/h2-4,7,9-12,14-16H,5-6,8,13H2,1H3,(H,24,25). The number of hydrogen-bond acceptors (Lipinski definition) is 5. The third-order valence-corrected chi connectivity index (χ3v) is 5.65. The van der Waals surface area contributed by atoms with Crippen LogP contribution >= 0.6 is 27.3 Å². The highest BCUT2D eigenvalue weighted by Crippen LogP contribution is 2.28. The summed E-state index contributed by atoms with van der Waals surface area (Å²) in [5, 5.41) is 6.36. The van der Waals surface area contributed by atoms with Crippen LogP contribution in [0.4, 0.5) is 10.8 Å². The first-order valence-corrected chi connectivity index (χ1v) is 11.0. The van der Waals surface area contributed by atoms with Gasteiger partial charge in [0.05, 0.1) is 17.9 Å². The summed E-state index contributed by atoms with van der Waals surface area (Å²) >= 11 is 5.10. The molecule has 0 aliphatic rings. The van der Waals surface area contributed by atoms with Crippen molar-refractivity contribution in [2.24, 2.45) is 0 Å². The highest BCUT2D eigenvalue weighted by Gasteiger charge is 2.11. The smallest absolute Gasteiger partial charge is 0.338 e. The number of unbranched alkanes of at least 4 members (excludes halogenated alkanes) is 1. The van der Waals surface area contributed by atoms with Crippen molar-refractivity contribution in [3.8, 4) is 0 Å². The molecule has 2 aromatic carbocycles. The first-order valence-electron chi connectivity index (χ1n) is 9.32. The maximum Gasteiger partial charge on any atom is 0.338 e. The van der Waals surface area contributed by atoms with E-state index in [1.54, 1.807) is 23.5 Å². The van der Waals surface area contributed by atoms with Crippen molar-refractivity contribution < 1.29 is 9.53 Å². The number of nitrogens with zero attached hydrogens (tertiary/aromatic N) is 1. The van der Waals surface area contributed by atoms with Crippen molar-refractivity contribution in [2.75, 3.05) is 11.9 Å². The van der Waals surface area contributed by atoms with Crippen molar-refractivity contribution in [1.29, 1.82) is 0 Å². The monoisotopic (exact) mass is 458 g/mol. The SMILES string of the molecule is CC(CCCCOC(=O)c1ccccc1)c1csc(Nc2cccc(Br)c2)n1. The molecule has 4 nitrogen and oxygen atoms in total. The fraction of sp³-hybridized carbons (Fsp3) is 0.273. The topological polar surface area (TPSA) is 51.2 Å². The summed E-state index contributed by atoms with van der Waals surface area (Å²) in [4.78, 5) is 16.6. The molecule has 1 heterocycles. The second-order valence-corrected chi connectivity index (χ2v) is 8.39. The molecule has 3 aromatic rings. The fourth-order valence-electron chi connectivity index (χ4n) is 2.78. The number of nitrogens with one attached hydrogen (secondary N) is 1. The van der Waals surface area contributed by atoms with Gasteiger partial charge < -0.3 is 10.1 Å². The zero-order valence-corrected chi connectivity index (χ0v) is 18.1. The Hall–Kier alpha value is -2.18. The van der Waals surface area contributed by atoms with Crippen molar-refractivity contribution in [1.82, 2.24) is 4.98 Å². The Bertz CT molecular complexity index is 898. The van der Waals surface area contributed by atoms with E-state index in [9.17, 15) is 4.79 Å². The molecule has 28 heavy (non-hydrogen) atoms.